The monoisotopic (exact) mass is 1420 g/mol. The van der Waals surface area contributed by atoms with Crippen LogP contribution in [0.5, 0.6) is 0 Å². The molecule has 0 aliphatic rings. The number of aryl methyl sites for hydroxylation is 4. The molecule has 0 bridgehead atoms. The van der Waals surface area contributed by atoms with Crippen LogP contribution in [-0.2, 0) is 26.2 Å². The van der Waals surface area contributed by atoms with Crippen LogP contribution >= 0.6 is 0 Å². The van der Waals surface area contributed by atoms with Crippen molar-refractivity contribution in [2.24, 2.45) is 0 Å². The first-order valence-electron chi connectivity index (χ1n) is 36.9. The van der Waals surface area contributed by atoms with Crippen molar-refractivity contribution in [3.8, 4) is 0 Å². The van der Waals surface area contributed by atoms with E-state index in [0.717, 1.165) is 0 Å². The fourth-order valence-electron chi connectivity index (χ4n) is 17.7. The summed E-state index contributed by atoms with van der Waals surface area (Å²) in [5, 5.41) is 0. The number of hydrogen-bond acceptors (Lipinski definition) is 0. The van der Waals surface area contributed by atoms with Gasteiger partial charge in [-0.2, -0.15) is 87.4 Å². The normalized spacial score (nSPS) is 11.2. The molecule has 0 saturated carbocycles. The first kappa shape index (κ1) is 73.4. The molecule has 16 rings (SSSR count). The molecule has 105 heavy (non-hydrogen) atoms. The molecule has 0 amide bonds. The molecule has 0 atom stereocenters. The molecule has 0 unspecified atom stereocenters. The van der Waals surface area contributed by atoms with Crippen molar-refractivity contribution in [2.75, 3.05) is 0 Å². The van der Waals surface area contributed by atoms with Gasteiger partial charge in [-0.25, -0.2) is 0 Å². The van der Waals surface area contributed by atoms with E-state index in [9.17, 15) is 0 Å². The summed E-state index contributed by atoms with van der Waals surface area (Å²) in [5.74, 6) is 0. The zero-order valence-corrected chi connectivity index (χ0v) is 63.1. The van der Waals surface area contributed by atoms with Crippen molar-refractivity contribution in [1.29, 1.82) is 0 Å². The number of benzene rings is 16. The Morgan fingerprint density at radius 2 is 0.200 bits per heavy atom. The molecule has 0 saturated heterocycles. The van der Waals surface area contributed by atoms with Crippen LogP contribution in [-0.4, -0.2) is 24.6 Å². The zero-order valence-electron chi connectivity index (χ0n) is 60.7. The molecule has 504 valence electrons. The molecule has 0 heterocycles. The molecule has 5 heteroatoms. The van der Waals surface area contributed by atoms with Gasteiger partial charge in [0.05, 0.1) is 0 Å². The predicted octanol–water partition coefficient (Wildman–Crippen LogP) is 13.5. The predicted molar refractivity (Wildman–Crippen MR) is 459 cm³/mol. The van der Waals surface area contributed by atoms with Gasteiger partial charge in [0, 0.05) is 0 Å². The second kappa shape index (κ2) is 35.2. The average molecular weight is 1420 g/mol. The van der Waals surface area contributed by atoms with Crippen LogP contribution in [0.15, 0.2) is 461 Å². The third kappa shape index (κ3) is 15.1. The van der Waals surface area contributed by atoms with Crippen LogP contribution in [0.4, 0.5) is 0 Å². The molecule has 0 nitrogen and oxygen atoms in total. The van der Waals surface area contributed by atoms with Gasteiger partial charge < -0.3 is 0 Å². The molecule has 0 N–H and O–H groups in total. The van der Waals surface area contributed by atoms with Crippen LogP contribution in [0.25, 0.3) is 0 Å². The molecule has 0 fully saturated rings. The van der Waals surface area contributed by atoms with Crippen LogP contribution < -0.4 is 87.4 Å². The van der Waals surface area contributed by atoms with Gasteiger partial charge in [-0.05, 0) is 27.7 Å². The van der Waals surface area contributed by atoms with Gasteiger partial charge in [0.1, 0.15) is 24.6 Å². The van der Waals surface area contributed by atoms with E-state index in [1.807, 2.05) is 0 Å². The van der Waals surface area contributed by atoms with E-state index in [1.165, 1.54) is 110 Å². The average Bonchev–Trinajstić information content (AvgIpc) is 0.756. The summed E-state index contributed by atoms with van der Waals surface area (Å²) in [6.07, 6.45) is -4.96. The molecular weight excluding hydrogens is 1340 g/mol. The van der Waals surface area contributed by atoms with Crippen molar-refractivity contribution < 1.29 is 26.2 Å². The van der Waals surface area contributed by atoms with E-state index >= 15 is 0 Å². The van der Waals surface area contributed by atoms with Gasteiger partial charge in [-0.1, -0.05) is 483 Å². The fourth-order valence-corrected chi connectivity index (χ4v) is 17.7. The molecule has 0 aliphatic carbocycles. The Morgan fingerprint density at radius 1 is 0.114 bits per heavy atom. The minimum absolute atomic E-state index is 0. The number of rotatable bonds is 16. The van der Waals surface area contributed by atoms with Crippen LogP contribution in [0.3, 0.4) is 0 Å². The molecular formula is C100H88B4Zr. The molecule has 0 radical (unpaired) electrons. The van der Waals surface area contributed by atoms with Crippen molar-refractivity contribution >= 4 is 112 Å². The maximum absolute atomic E-state index is 2.29. The summed E-state index contributed by atoms with van der Waals surface area (Å²) in [6.45, 7) is 8.89. The van der Waals surface area contributed by atoms with Gasteiger partial charge in [0.25, 0.3) is 0 Å². The third-order valence-electron chi connectivity index (χ3n) is 22.2. The Labute approximate surface area is 644 Å². The summed E-state index contributed by atoms with van der Waals surface area (Å²) in [6, 6.07) is 166. The Balaban J connectivity index is 0.000000131. The summed E-state index contributed by atoms with van der Waals surface area (Å²) < 4.78 is 0. The minimum Gasteiger partial charge on any atom is -0.195 e. The van der Waals surface area contributed by atoms with Crippen molar-refractivity contribution in [2.45, 2.75) is 27.7 Å². The maximum Gasteiger partial charge on any atom is 4.00 e. The van der Waals surface area contributed by atoms with Crippen molar-refractivity contribution in [1.82, 2.24) is 0 Å². The third-order valence-corrected chi connectivity index (χ3v) is 22.2. The Kier molecular flexibility index (Phi) is 24.6. The van der Waals surface area contributed by atoms with Crippen LogP contribution in [0.2, 0.25) is 0 Å². The second-order valence-electron chi connectivity index (χ2n) is 27.8. The van der Waals surface area contributed by atoms with Gasteiger partial charge in [-0.3, -0.25) is 0 Å². The van der Waals surface area contributed by atoms with Gasteiger partial charge in [0.15, 0.2) is 0 Å². The minimum atomic E-state index is -1.24. The summed E-state index contributed by atoms with van der Waals surface area (Å²) in [4.78, 5) is 0. The van der Waals surface area contributed by atoms with E-state index in [-0.39, 0.29) is 26.2 Å². The first-order valence-corrected chi connectivity index (χ1v) is 36.9. The van der Waals surface area contributed by atoms with E-state index < -0.39 is 24.6 Å². The molecule has 0 spiro atoms. The van der Waals surface area contributed by atoms with E-state index in [1.54, 1.807) is 0 Å². The topological polar surface area (TPSA) is 0 Å². The molecule has 0 aliphatic heterocycles. The summed E-state index contributed by atoms with van der Waals surface area (Å²) in [7, 11) is 0. The fraction of sp³-hybridized carbons (Fsp3) is 0.0400. The van der Waals surface area contributed by atoms with Crippen LogP contribution in [0, 0.1) is 27.7 Å². The maximum atomic E-state index is 2.29. The Bertz CT molecular complexity index is 4200. The Hall–Kier alpha value is -11.3. The van der Waals surface area contributed by atoms with E-state index in [0.29, 0.717) is 0 Å². The molecule has 16 aromatic carbocycles. The van der Waals surface area contributed by atoms with Gasteiger partial charge in [-0.15, -0.1) is 0 Å². The second-order valence-corrected chi connectivity index (χ2v) is 27.8. The molecule has 16 aromatic rings. The van der Waals surface area contributed by atoms with Crippen LogP contribution in [0.1, 0.15) is 22.3 Å². The number of hydrogen-bond donors (Lipinski definition) is 0. The Morgan fingerprint density at radius 3 is 0.295 bits per heavy atom. The van der Waals surface area contributed by atoms with Gasteiger partial charge >= 0.3 is 26.2 Å². The summed E-state index contributed by atoms with van der Waals surface area (Å²) >= 11 is 0. The smallest absolute Gasteiger partial charge is 0.195 e. The van der Waals surface area contributed by atoms with Crippen molar-refractivity contribution in [3.05, 3.63) is 483 Å². The SMILES string of the molecule is Cc1ccccc1[B-](c1ccccc1)(c1ccccc1)c1ccccc1.Cc1ccccc1[B-](c1ccccc1)(c1ccccc1)c1ccccc1.Cc1ccccc1[B-](c1ccccc1)(c1ccccc1)c1ccccc1.Cc1ccccc1[B-](c1ccccc1)(c1ccccc1)c1ccccc1.[Zr+4]. The zero-order chi connectivity index (χ0) is 71.3. The van der Waals surface area contributed by atoms with E-state index in [2.05, 4.69) is 489 Å². The van der Waals surface area contributed by atoms with Crippen molar-refractivity contribution in [3.63, 3.8) is 0 Å². The standard InChI is InChI=1S/4C25H22B.Zr/c4*1-21-13-11-12-20-25(21)26(22-14-5-2-6-15-22,23-16-7-3-8-17-23)24-18-9-4-10-19-24;/h4*2-20H,1H3;/q4*-1;+4. The largest absolute Gasteiger partial charge is 4.00 e. The summed E-state index contributed by atoms with van der Waals surface area (Å²) in [5.41, 5.74) is 27.0. The van der Waals surface area contributed by atoms with E-state index in [4.69, 9.17) is 0 Å². The quantitative estimate of drug-likeness (QED) is 0.0846. The first-order chi connectivity index (χ1) is 51.3. The van der Waals surface area contributed by atoms with Gasteiger partial charge in [0.2, 0.25) is 0 Å². The molecule has 0 aromatic heterocycles.